The van der Waals surface area contributed by atoms with Gasteiger partial charge < -0.3 is 4.52 Å². The fourth-order valence-corrected chi connectivity index (χ4v) is 4.99. The van der Waals surface area contributed by atoms with Crippen LogP contribution < -0.4 is 0 Å². The molecular weight excluding hydrogens is 345 g/mol. The molecular formula is C17H22FN3O3S. The van der Waals surface area contributed by atoms with E-state index in [4.69, 9.17) is 4.52 Å². The third kappa shape index (κ3) is 3.47. The van der Waals surface area contributed by atoms with Crippen molar-refractivity contribution >= 4 is 10.0 Å². The molecule has 0 radical (unpaired) electrons. The van der Waals surface area contributed by atoms with Gasteiger partial charge >= 0.3 is 0 Å². The van der Waals surface area contributed by atoms with Crippen LogP contribution in [0, 0.1) is 19.7 Å². The predicted molar refractivity (Wildman–Crippen MR) is 91.1 cm³/mol. The van der Waals surface area contributed by atoms with Crippen LogP contribution in [0.15, 0.2) is 33.7 Å². The lowest BCUT2D eigenvalue weighted by atomic mass is 10.1. The summed E-state index contributed by atoms with van der Waals surface area (Å²) in [6, 6.07) is 6.56. The standard InChI is InChI=1S/C17H22FN3O3S/c1-12-17(14(3)24-19-12)25(22,23)21-9-7-20(8-10-21)13(2)15-5-4-6-16(18)11-15/h4-6,11,13H,7-10H2,1-3H3. The molecule has 1 atom stereocenters. The van der Waals surface area contributed by atoms with Gasteiger partial charge in [0.15, 0.2) is 5.76 Å². The molecule has 0 spiro atoms. The van der Waals surface area contributed by atoms with Gasteiger partial charge in [-0.25, -0.2) is 12.8 Å². The minimum atomic E-state index is -3.61. The van der Waals surface area contributed by atoms with Gasteiger partial charge in [-0.15, -0.1) is 0 Å². The van der Waals surface area contributed by atoms with Gasteiger partial charge in [-0.1, -0.05) is 17.3 Å². The number of hydrogen-bond acceptors (Lipinski definition) is 5. The number of aromatic nitrogens is 1. The third-order valence-corrected chi connectivity index (χ3v) is 6.86. The van der Waals surface area contributed by atoms with E-state index in [1.165, 1.54) is 16.4 Å². The SMILES string of the molecule is Cc1noc(C)c1S(=O)(=O)N1CCN(C(C)c2cccc(F)c2)CC1. The van der Waals surface area contributed by atoms with E-state index in [1.807, 2.05) is 13.0 Å². The number of aryl methyl sites for hydroxylation is 2. The Balaban J connectivity index is 1.71. The molecule has 136 valence electrons. The number of rotatable bonds is 4. The van der Waals surface area contributed by atoms with Crippen LogP contribution in [0.5, 0.6) is 0 Å². The Morgan fingerprint density at radius 1 is 1.20 bits per heavy atom. The summed E-state index contributed by atoms with van der Waals surface area (Å²) in [5.41, 5.74) is 1.27. The summed E-state index contributed by atoms with van der Waals surface area (Å²) in [5.74, 6) is 0.0528. The molecule has 2 aromatic rings. The van der Waals surface area contributed by atoms with Crippen molar-refractivity contribution in [3.05, 3.63) is 47.1 Å². The minimum absolute atomic E-state index is 0.0274. The Hall–Kier alpha value is -1.77. The lowest BCUT2D eigenvalue weighted by Crippen LogP contribution is -2.49. The molecule has 0 amide bonds. The zero-order valence-electron chi connectivity index (χ0n) is 14.6. The minimum Gasteiger partial charge on any atom is -0.360 e. The fourth-order valence-electron chi connectivity index (χ4n) is 3.28. The molecule has 1 saturated heterocycles. The molecule has 25 heavy (non-hydrogen) atoms. The van der Waals surface area contributed by atoms with Crippen molar-refractivity contribution in [2.24, 2.45) is 0 Å². The summed E-state index contributed by atoms with van der Waals surface area (Å²) in [6.45, 7) is 7.17. The zero-order chi connectivity index (χ0) is 18.2. The second kappa shape index (κ2) is 6.86. The maximum Gasteiger partial charge on any atom is 0.248 e. The molecule has 1 aliphatic rings. The molecule has 1 unspecified atom stereocenters. The van der Waals surface area contributed by atoms with Crippen molar-refractivity contribution in [1.29, 1.82) is 0 Å². The highest BCUT2D eigenvalue weighted by Gasteiger charge is 2.34. The van der Waals surface area contributed by atoms with Gasteiger partial charge in [-0.3, -0.25) is 4.90 Å². The van der Waals surface area contributed by atoms with Crippen molar-refractivity contribution in [3.8, 4) is 0 Å². The van der Waals surface area contributed by atoms with Crippen LogP contribution in [0.4, 0.5) is 4.39 Å². The van der Waals surface area contributed by atoms with Crippen LogP contribution in [-0.2, 0) is 10.0 Å². The number of piperazine rings is 1. The molecule has 1 aromatic heterocycles. The first kappa shape index (κ1) is 18.0. The summed E-state index contributed by atoms with van der Waals surface area (Å²) in [6.07, 6.45) is 0. The van der Waals surface area contributed by atoms with E-state index in [2.05, 4.69) is 10.1 Å². The molecule has 1 fully saturated rings. The molecule has 3 rings (SSSR count). The summed E-state index contributed by atoms with van der Waals surface area (Å²) in [5, 5.41) is 3.74. The second-order valence-corrected chi connectivity index (χ2v) is 8.20. The molecule has 0 aliphatic carbocycles. The van der Waals surface area contributed by atoms with Crippen LogP contribution >= 0.6 is 0 Å². The maximum absolute atomic E-state index is 13.4. The number of halogens is 1. The maximum atomic E-state index is 13.4. The van der Waals surface area contributed by atoms with E-state index in [-0.39, 0.29) is 16.8 Å². The first-order valence-electron chi connectivity index (χ1n) is 8.23. The molecule has 0 bridgehead atoms. The Morgan fingerprint density at radius 3 is 2.44 bits per heavy atom. The average molecular weight is 367 g/mol. The van der Waals surface area contributed by atoms with Gasteiger partial charge in [0.2, 0.25) is 10.0 Å². The van der Waals surface area contributed by atoms with Gasteiger partial charge in [-0.05, 0) is 38.5 Å². The highest BCUT2D eigenvalue weighted by Crippen LogP contribution is 2.27. The average Bonchev–Trinajstić information content (AvgIpc) is 2.93. The van der Waals surface area contributed by atoms with Gasteiger partial charge in [-0.2, -0.15) is 4.31 Å². The van der Waals surface area contributed by atoms with E-state index < -0.39 is 10.0 Å². The number of benzene rings is 1. The van der Waals surface area contributed by atoms with Gasteiger partial charge in [0, 0.05) is 32.2 Å². The van der Waals surface area contributed by atoms with E-state index >= 15 is 0 Å². The Kier molecular flexibility index (Phi) is 4.95. The van der Waals surface area contributed by atoms with Crippen molar-refractivity contribution in [2.45, 2.75) is 31.7 Å². The van der Waals surface area contributed by atoms with E-state index in [0.29, 0.717) is 37.6 Å². The number of nitrogens with zero attached hydrogens (tertiary/aromatic N) is 3. The Labute approximate surface area is 147 Å². The monoisotopic (exact) mass is 367 g/mol. The van der Waals surface area contributed by atoms with Crippen molar-refractivity contribution in [3.63, 3.8) is 0 Å². The van der Waals surface area contributed by atoms with Gasteiger partial charge in [0.1, 0.15) is 16.4 Å². The zero-order valence-corrected chi connectivity index (χ0v) is 15.4. The largest absolute Gasteiger partial charge is 0.360 e. The quantitative estimate of drug-likeness (QED) is 0.831. The predicted octanol–water partition coefficient (Wildman–Crippen LogP) is 2.50. The molecule has 0 saturated carbocycles. The number of hydrogen-bond donors (Lipinski definition) is 0. The molecule has 2 heterocycles. The van der Waals surface area contributed by atoms with Crippen LogP contribution in [0.3, 0.4) is 0 Å². The van der Waals surface area contributed by atoms with Crippen molar-refractivity contribution in [1.82, 2.24) is 14.4 Å². The lowest BCUT2D eigenvalue weighted by Gasteiger charge is -2.37. The molecule has 6 nitrogen and oxygen atoms in total. The van der Waals surface area contributed by atoms with E-state index in [0.717, 1.165) is 5.56 Å². The Morgan fingerprint density at radius 2 is 1.88 bits per heavy atom. The number of sulfonamides is 1. The first-order chi connectivity index (χ1) is 11.8. The smallest absolute Gasteiger partial charge is 0.248 e. The topological polar surface area (TPSA) is 66.7 Å². The normalized spacial score (nSPS) is 18.4. The summed E-state index contributed by atoms with van der Waals surface area (Å²) >= 11 is 0. The first-order valence-corrected chi connectivity index (χ1v) is 9.67. The van der Waals surface area contributed by atoms with Crippen LogP contribution in [0.2, 0.25) is 0 Å². The highest BCUT2D eigenvalue weighted by atomic mass is 32.2. The van der Waals surface area contributed by atoms with Gasteiger partial charge in [0.25, 0.3) is 0 Å². The second-order valence-electron chi connectivity index (χ2n) is 6.32. The fraction of sp³-hybridized carbons (Fsp3) is 0.471. The molecule has 0 N–H and O–H groups in total. The van der Waals surface area contributed by atoms with E-state index in [9.17, 15) is 12.8 Å². The highest BCUT2D eigenvalue weighted by molar-refractivity contribution is 7.89. The van der Waals surface area contributed by atoms with Crippen LogP contribution in [0.1, 0.15) is 30.0 Å². The third-order valence-electron chi connectivity index (χ3n) is 4.72. The van der Waals surface area contributed by atoms with Crippen LogP contribution in [0.25, 0.3) is 0 Å². The molecule has 1 aliphatic heterocycles. The summed E-state index contributed by atoms with van der Waals surface area (Å²) in [7, 11) is -3.61. The molecule has 1 aromatic carbocycles. The lowest BCUT2D eigenvalue weighted by molar-refractivity contribution is 0.145. The van der Waals surface area contributed by atoms with E-state index in [1.54, 1.807) is 19.9 Å². The Bertz CT molecular complexity index is 838. The van der Waals surface area contributed by atoms with Crippen molar-refractivity contribution < 1.29 is 17.3 Å². The summed E-state index contributed by atoms with van der Waals surface area (Å²) < 4.78 is 45.6. The van der Waals surface area contributed by atoms with Crippen molar-refractivity contribution in [2.75, 3.05) is 26.2 Å². The van der Waals surface area contributed by atoms with Crippen LogP contribution in [-0.4, -0.2) is 49.0 Å². The van der Waals surface area contributed by atoms with Gasteiger partial charge in [0.05, 0.1) is 0 Å². The summed E-state index contributed by atoms with van der Waals surface area (Å²) in [4.78, 5) is 2.33. The molecule has 8 heteroatoms.